The van der Waals surface area contributed by atoms with Crippen molar-refractivity contribution in [3.8, 4) is 0 Å². The molecular weight excluding hydrogens is 362 g/mol. The first-order valence-electron chi connectivity index (χ1n) is 9.70. The molecule has 1 aliphatic rings. The Morgan fingerprint density at radius 1 is 1.04 bits per heavy atom. The first-order chi connectivity index (χ1) is 13.2. The fourth-order valence-corrected chi connectivity index (χ4v) is 3.21. The first kappa shape index (κ1) is 22.2. The lowest BCUT2D eigenvalue weighted by atomic mass is 9.93. The molecule has 1 aromatic carbocycles. The normalized spacial score (nSPS) is 20.0. The summed E-state index contributed by atoms with van der Waals surface area (Å²) in [6.07, 6.45) is -0.0873. The maximum Gasteiger partial charge on any atom is 0.322 e. The highest BCUT2D eigenvalue weighted by molar-refractivity contribution is 5.96. The van der Waals surface area contributed by atoms with Gasteiger partial charge in [-0.1, -0.05) is 18.2 Å². The van der Waals surface area contributed by atoms with E-state index in [2.05, 4.69) is 0 Å². The van der Waals surface area contributed by atoms with E-state index >= 15 is 0 Å². The van der Waals surface area contributed by atoms with Crippen molar-refractivity contribution >= 4 is 17.6 Å². The van der Waals surface area contributed by atoms with Gasteiger partial charge in [-0.3, -0.25) is 9.59 Å². The molecule has 1 aliphatic heterocycles. The molecule has 0 bridgehead atoms. The van der Waals surface area contributed by atoms with Crippen molar-refractivity contribution < 1.29 is 28.6 Å². The molecule has 1 fully saturated rings. The molecule has 0 aliphatic carbocycles. The summed E-state index contributed by atoms with van der Waals surface area (Å²) in [6.45, 7) is 8.95. The van der Waals surface area contributed by atoms with Gasteiger partial charge >= 0.3 is 11.9 Å². The molecule has 156 valence electrons. The number of hydrogen-bond acceptors (Lipinski definition) is 7. The highest BCUT2D eigenvalue weighted by Gasteiger charge is 2.45. The number of rotatable bonds is 7. The van der Waals surface area contributed by atoms with E-state index in [4.69, 9.17) is 19.0 Å². The minimum absolute atomic E-state index is 0.343. The van der Waals surface area contributed by atoms with Gasteiger partial charge in [-0.2, -0.15) is 0 Å². The molecule has 2 atom stereocenters. The second-order valence-electron chi connectivity index (χ2n) is 7.48. The van der Waals surface area contributed by atoms with Crippen LogP contribution in [0.5, 0.6) is 0 Å². The fraction of sp³-hybridized carbons (Fsp3) is 0.619. The summed E-state index contributed by atoms with van der Waals surface area (Å²) in [7, 11) is 1.57. The number of hydrogen-bond donors (Lipinski definition) is 0. The summed E-state index contributed by atoms with van der Waals surface area (Å²) in [5.74, 6) is -2.34. The predicted molar refractivity (Wildman–Crippen MR) is 105 cm³/mol. The third-order valence-electron chi connectivity index (χ3n) is 4.44. The number of carbonyl (C=O) groups is 2. The van der Waals surface area contributed by atoms with Gasteiger partial charge in [0, 0.05) is 13.5 Å². The molecule has 0 radical (unpaired) electrons. The number of aryl methyl sites for hydroxylation is 1. The SMILES string of the molecule is CO[C@H]1CC[C@H](C(C(=O)OC(C)C)C(=O)OC(C)C)N(c2ccccc2C)O1. The van der Waals surface area contributed by atoms with E-state index in [-0.39, 0.29) is 12.2 Å². The maximum absolute atomic E-state index is 12.9. The van der Waals surface area contributed by atoms with Crippen LogP contribution in [0.15, 0.2) is 24.3 Å². The van der Waals surface area contributed by atoms with E-state index in [9.17, 15) is 9.59 Å². The number of esters is 2. The van der Waals surface area contributed by atoms with Gasteiger partial charge in [0.05, 0.1) is 23.9 Å². The van der Waals surface area contributed by atoms with Crippen LogP contribution >= 0.6 is 0 Å². The topological polar surface area (TPSA) is 74.3 Å². The maximum atomic E-state index is 12.9. The second kappa shape index (κ2) is 9.89. The zero-order chi connectivity index (χ0) is 20.8. The Balaban J connectivity index is 2.42. The molecule has 1 aromatic rings. The van der Waals surface area contributed by atoms with E-state index < -0.39 is 30.2 Å². The number of hydroxylamine groups is 1. The Morgan fingerprint density at radius 2 is 1.61 bits per heavy atom. The Labute approximate surface area is 166 Å². The van der Waals surface area contributed by atoms with Crippen molar-refractivity contribution in [1.29, 1.82) is 0 Å². The van der Waals surface area contributed by atoms with Crippen molar-refractivity contribution in [1.82, 2.24) is 0 Å². The quantitative estimate of drug-likeness (QED) is 0.519. The lowest BCUT2D eigenvalue weighted by Crippen LogP contribution is -2.53. The summed E-state index contributed by atoms with van der Waals surface area (Å²) in [4.78, 5) is 31.7. The fourth-order valence-electron chi connectivity index (χ4n) is 3.21. The van der Waals surface area contributed by atoms with Gasteiger partial charge in [-0.25, -0.2) is 9.90 Å². The van der Waals surface area contributed by atoms with Crippen molar-refractivity contribution in [2.24, 2.45) is 5.92 Å². The van der Waals surface area contributed by atoms with E-state index in [1.54, 1.807) is 39.9 Å². The summed E-state index contributed by atoms with van der Waals surface area (Å²) in [6, 6.07) is 7.07. The molecule has 0 N–H and O–H groups in total. The van der Waals surface area contributed by atoms with Crippen molar-refractivity contribution in [3.05, 3.63) is 29.8 Å². The number of ether oxygens (including phenoxy) is 3. The van der Waals surface area contributed by atoms with Gasteiger partial charge in [0.2, 0.25) is 0 Å². The number of methoxy groups -OCH3 is 1. The molecular formula is C21H31NO6. The van der Waals surface area contributed by atoms with Crippen molar-refractivity contribution in [2.75, 3.05) is 12.2 Å². The number of para-hydroxylation sites is 1. The monoisotopic (exact) mass is 393 g/mol. The highest BCUT2D eigenvalue weighted by Crippen LogP contribution is 2.34. The largest absolute Gasteiger partial charge is 0.462 e. The molecule has 1 heterocycles. The molecule has 0 saturated carbocycles. The van der Waals surface area contributed by atoms with Crippen LogP contribution in [0.4, 0.5) is 5.69 Å². The van der Waals surface area contributed by atoms with Gasteiger partial charge in [0.25, 0.3) is 0 Å². The average Bonchev–Trinajstić information content (AvgIpc) is 2.61. The van der Waals surface area contributed by atoms with Gasteiger partial charge in [0.15, 0.2) is 12.2 Å². The number of anilines is 1. The highest BCUT2D eigenvalue weighted by atomic mass is 16.8. The molecule has 7 heteroatoms. The number of benzene rings is 1. The lowest BCUT2D eigenvalue weighted by molar-refractivity contribution is -0.185. The molecule has 0 aromatic heterocycles. The zero-order valence-electron chi connectivity index (χ0n) is 17.5. The molecule has 1 saturated heterocycles. The smallest absolute Gasteiger partial charge is 0.322 e. The van der Waals surface area contributed by atoms with Crippen LogP contribution in [0.1, 0.15) is 46.1 Å². The van der Waals surface area contributed by atoms with Crippen LogP contribution in [0.2, 0.25) is 0 Å². The van der Waals surface area contributed by atoms with Crippen molar-refractivity contribution in [3.63, 3.8) is 0 Å². The van der Waals surface area contributed by atoms with Crippen LogP contribution in [-0.4, -0.2) is 43.6 Å². The minimum atomic E-state index is -1.12. The van der Waals surface area contributed by atoms with Gasteiger partial charge < -0.3 is 14.2 Å². The van der Waals surface area contributed by atoms with Gasteiger partial charge in [0.1, 0.15) is 0 Å². The van der Waals surface area contributed by atoms with Crippen LogP contribution < -0.4 is 5.06 Å². The Hall–Kier alpha value is -2.12. The second-order valence-corrected chi connectivity index (χ2v) is 7.48. The van der Waals surface area contributed by atoms with Gasteiger partial charge in [-0.05, 0) is 52.7 Å². The summed E-state index contributed by atoms with van der Waals surface area (Å²) in [5, 5.41) is 1.61. The third kappa shape index (κ3) is 5.45. The van der Waals surface area contributed by atoms with Crippen LogP contribution in [0.25, 0.3) is 0 Å². The Morgan fingerprint density at radius 3 is 2.11 bits per heavy atom. The Bertz CT molecular complexity index is 653. The van der Waals surface area contributed by atoms with Crippen LogP contribution in [0, 0.1) is 12.8 Å². The average molecular weight is 393 g/mol. The van der Waals surface area contributed by atoms with E-state index in [0.29, 0.717) is 12.8 Å². The predicted octanol–water partition coefficient (Wildman–Crippen LogP) is 3.39. The molecule has 2 rings (SSSR count). The summed E-state index contributed by atoms with van der Waals surface area (Å²) in [5.41, 5.74) is 1.73. The third-order valence-corrected chi connectivity index (χ3v) is 4.44. The van der Waals surface area contributed by atoms with Crippen LogP contribution in [0.3, 0.4) is 0 Å². The van der Waals surface area contributed by atoms with Crippen LogP contribution in [-0.2, 0) is 28.6 Å². The van der Waals surface area contributed by atoms with E-state index in [0.717, 1.165) is 11.3 Å². The number of nitrogens with zero attached hydrogens (tertiary/aromatic N) is 1. The number of carbonyl (C=O) groups excluding carboxylic acids is 2. The summed E-state index contributed by atoms with van der Waals surface area (Å²) < 4.78 is 16.1. The van der Waals surface area contributed by atoms with E-state index in [1.165, 1.54) is 0 Å². The summed E-state index contributed by atoms with van der Waals surface area (Å²) >= 11 is 0. The Kier molecular flexibility index (Phi) is 7.83. The van der Waals surface area contributed by atoms with Crippen molar-refractivity contribution in [2.45, 2.75) is 72.0 Å². The molecule has 0 unspecified atom stereocenters. The molecule has 7 nitrogen and oxygen atoms in total. The standard InChI is InChI=1S/C21H31NO6/c1-13(2)26-20(23)19(21(24)27-14(3)4)17-11-12-18(25-6)28-22(17)16-10-8-7-9-15(16)5/h7-10,13-14,17-19H,11-12H2,1-6H3/t17-,18-/m1/s1. The molecule has 0 spiro atoms. The minimum Gasteiger partial charge on any atom is -0.462 e. The molecule has 0 amide bonds. The van der Waals surface area contributed by atoms with E-state index in [1.807, 2.05) is 31.2 Å². The van der Waals surface area contributed by atoms with Gasteiger partial charge in [-0.15, -0.1) is 0 Å². The molecule has 28 heavy (non-hydrogen) atoms. The zero-order valence-corrected chi connectivity index (χ0v) is 17.5. The first-order valence-corrected chi connectivity index (χ1v) is 9.70. The lowest BCUT2D eigenvalue weighted by Gasteiger charge is -2.42.